The molecule has 0 amide bonds. The van der Waals surface area contributed by atoms with Crippen LogP contribution in [0.4, 0.5) is 4.39 Å². The molecule has 2 nitrogen and oxygen atoms in total. The number of hydrogen-bond acceptors (Lipinski definition) is 2. The van der Waals surface area contributed by atoms with E-state index in [4.69, 9.17) is 4.74 Å². The molecule has 0 saturated heterocycles. The van der Waals surface area contributed by atoms with Gasteiger partial charge < -0.3 is 4.74 Å². The second kappa shape index (κ2) is 4.30. The third-order valence-electron chi connectivity index (χ3n) is 4.01. The standard InChI is InChI=1S/C17H18FNO/c1-10-7-13-6-5-12(9-15(13)20-17(10,3)4)14-8-11(2)19-16(14)18/h5-6,9H,1,7-8H2,2-4H3. The van der Waals surface area contributed by atoms with Gasteiger partial charge >= 0.3 is 0 Å². The highest BCUT2D eigenvalue weighted by molar-refractivity contribution is 5.97. The highest BCUT2D eigenvalue weighted by atomic mass is 19.1. The minimum absolute atomic E-state index is 0.373. The van der Waals surface area contributed by atoms with E-state index in [0.29, 0.717) is 12.0 Å². The van der Waals surface area contributed by atoms with Crippen molar-refractivity contribution in [2.45, 2.75) is 39.2 Å². The summed E-state index contributed by atoms with van der Waals surface area (Å²) < 4.78 is 19.8. The van der Waals surface area contributed by atoms with Gasteiger partial charge in [-0.15, -0.1) is 0 Å². The molecular formula is C17H18FNO. The van der Waals surface area contributed by atoms with Gasteiger partial charge in [-0.2, -0.15) is 4.39 Å². The van der Waals surface area contributed by atoms with Crippen molar-refractivity contribution in [2.24, 2.45) is 4.99 Å². The molecule has 3 heteroatoms. The van der Waals surface area contributed by atoms with Gasteiger partial charge in [0, 0.05) is 24.1 Å². The van der Waals surface area contributed by atoms with Crippen LogP contribution in [0.3, 0.4) is 0 Å². The summed E-state index contributed by atoms with van der Waals surface area (Å²) in [6.07, 6.45) is 1.38. The first-order valence-corrected chi connectivity index (χ1v) is 6.80. The molecule has 0 unspecified atom stereocenters. The van der Waals surface area contributed by atoms with Crippen LogP contribution in [0.5, 0.6) is 5.75 Å². The predicted molar refractivity (Wildman–Crippen MR) is 79.7 cm³/mol. The predicted octanol–water partition coefficient (Wildman–Crippen LogP) is 4.46. The highest BCUT2D eigenvalue weighted by Crippen LogP contribution is 2.39. The second-order valence-electron chi connectivity index (χ2n) is 6.01. The molecule has 1 aromatic rings. The lowest BCUT2D eigenvalue weighted by atomic mass is 9.88. The molecule has 0 saturated carbocycles. The summed E-state index contributed by atoms with van der Waals surface area (Å²) in [6.45, 7) is 9.93. The Bertz CT molecular complexity index is 668. The van der Waals surface area contributed by atoms with E-state index < -0.39 is 0 Å². The molecule has 104 valence electrons. The molecule has 0 fully saturated rings. The smallest absolute Gasteiger partial charge is 0.216 e. The zero-order valence-electron chi connectivity index (χ0n) is 12.1. The number of rotatable bonds is 1. The highest BCUT2D eigenvalue weighted by Gasteiger charge is 2.30. The van der Waals surface area contributed by atoms with Gasteiger partial charge in [-0.3, -0.25) is 0 Å². The maximum atomic E-state index is 13.8. The Hall–Kier alpha value is -1.90. The van der Waals surface area contributed by atoms with E-state index in [-0.39, 0.29) is 11.6 Å². The van der Waals surface area contributed by atoms with Gasteiger partial charge in [0.1, 0.15) is 11.4 Å². The first-order valence-electron chi connectivity index (χ1n) is 6.80. The molecule has 2 aliphatic heterocycles. The van der Waals surface area contributed by atoms with Crippen molar-refractivity contribution in [1.82, 2.24) is 0 Å². The topological polar surface area (TPSA) is 21.6 Å². The Balaban J connectivity index is 1.99. The maximum absolute atomic E-state index is 13.8. The van der Waals surface area contributed by atoms with Crippen LogP contribution in [0.25, 0.3) is 5.57 Å². The van der Waals surface area contributed by atoms with Crippen molar-refractivity contribution in [3.05, 3.63) is 47.4 Å². The molecule has 1 aromatic carbocycles. The van der Waals surface area contributed by atoms with Gasteiger partial charge in [0.2, 0.25) is 5.95 Å². The molecule has 0 aromatic heterocycles. The number of benzene rings is 1. The lowest BCUT2D eigenvalue weighted by Crippen LogP contribution is -2.34. The van der Waals surface area contributed by atoms with Crippen molar-refractivity contribution in [2.75, 3.05) is 0 Å². The summed E-state index contributed by atoms with van der Waals surface area (Å²) in [5.74, 6) is 0.451. The van der Waals surface area contributed by atoms with Crippen molar-refractivity contribution < 1.29 is 9.13 Å². The Labute approximate surface area is 118 Å². The summed E-state index contributed by atoms with van der Waals surface area (Å²) in [5, 5.41) is 0. The second-order valence-corrected chi connectivity index (χ2v) is 6.01. The monoisotopic (exact) mass is 271 g/mol. The summed E-state index contributed by atoms with van der Waals surface area (Å²) in [4.78, 5) is 3.87. The minimum Gasteiger partial charge on any atom is -0.483 e. The number of halogens is 1. The van der Waals surface area contributed by atoms with Gasteiger partial charge in [-0.1, -0.05) is 18.7 Å². The summed E-state index contributed by atoms with van der Waals surface area (Å²) >= 11 is 0. The average molecular weight is 271 g/mol. The van der Waals surface area contributed by atoms with Crippen LogP contribution in [0.1, 0.15) is 38.3 Å². The van der Waals surface area contributed by atoms with E-state index in [1.54, 1.807) is 0 Å². The van der Waals surface area contributed by atoms with Gasteiger partial charge in [-0.25, -0.2) is 4.99 Å². The molecule has 0 aliphatic carbocycles. The fraction of sp³-hybridized carbons (Fsp3) is 0.353. The number of nitrogens with zero attached hydrogens (tertiary/aromatic N) is 1. The van der Waals surface area contributed by atoms with E-state index in [1.807, 2.05) is 39.0 Å². The maximum Gasteiger partial charge on any atom is 0.216 e. The number of hydrogen-bond donors (Lipinski definition) is 0. The van der Waals surface area contributed by atoms with Crippen molar-refractivity contribution >= 4 is 11.3 Å². The summed E-state index contributed by atoms with van der Waals surface area (Å²) in [6, 6.07) is 5.86. The van der Waals surface area contributed by atoms with Gasteiger partial charge in [-0.05, 0) is 43.5 Å². The Morgan fingerprint density at radius 3 is 2.70 bits per heavy atom. The SMILES string of the molecule is C=C1Cc2ccc(C3=C(F)N=C(C)C3)cc2OC1(C)C. The number of aliphatic imine (C=N–C) groups is 1. The Morgan fingerprint density at radius 2 is 2.05 bits per heavy atom. The largest absolute Gasteiger partial charge is 0.483 e. The number of fused-ring (bicyclic) bond motifs is 1. The zero-order chi connectivity index (χ0) is 14.5. The van der Waals surface area contributed by atoms with Crippen LogP contribution in [0.2, 0.25) is 0 Å². The van der Waals surface area contributed by atoms with Gasteiger partial charge in [0.25, 0.3) is 0 Å². The normalized spacial score (nSPS) is 20.6. The van der Waals surface area contributed by atoms with Crippen LogP contribution < -0.4 is 4.74 Å². The van der Waals surface area contributed by atoms with E-state index in [1.165, 1.54) is 0 Å². The fourth-order valence-corrected chi connectivity index (χ4v) is 2.60. The summed E-state index contributed by atoms with van der Waals surface area (Å²) in [5.41, 5.74) is 4.10. The Kier molecular flexibility index (Phi) is 2.82. The number of ether oxygens (including phenoxy) is 1. The molecule has 2 aliphatic rings. The van der Waals surface area contributed by atoms with E-state index in [0.717, 1.165) is 34.6 Å². The lowest BCUT2D eigenvalue weighted by Gasteiger charge is -2.35. The molecule has 0 N–H and O–H groups in total. The van der Waals surface area contributed by atoms with E-state index in [9.17, 15) is 4.39 Å². The third kappa shape index (κ3) is 2.07. The van der Waals surface area contributed by atoms with Crippen molar-refractivity contribution in [1.29, 1.82) is 0 Å². The van der Waals surface area contributed by atoms with Crippen LogP contribution >= 0.6 is 0 Å². The van der Waals surface area contributed by atoms with Crippen LogP contribution in [0, 0.1) is 0 Å². The molecule has 2 heterocycles. The van der Waals surface area contributed by atoms with E-state index >= 15 is 0 Å². The Morgan fingerprint density at radius 1 is 1.30 bits per heavy atom. The molecule has 0 bridgehead atoms. The van der Waals surface area contributed by atoms with Crippen LogP contribution in [-0.4, -0.2) is 11.3 Å². The van der Waals surface area contributed by atoms with Crippen LogP contribution in [-0.2, 0) is 6.42 Å². The summed E-state index contributed by atoms with van der Waals surface area (Å²) in [7, 11) is 0. The fourth-order valence-electron chi connectivity index (χ4n) is 2.60. The first-order chi connectivity index (χ1) is 9.37. The van der Waals surface area contributed by atoms with Crippen molar-refractivity contribution in [3.63, 3.8) is 0 Å². The lowest BCUT2D eigenvalue weighted by molar-refractivity contribution is 0.134. The molecule has 0 radical (unpaired) electrons. The van der Waals surface area contributed by atoms with Gasteiger partial charge in [0.05, 0.1) is 0 Å². The van der Waals surface area contributed by atoms with Gasteiger partial charge in [0.15, 0.2) is 0 Å². The molecule has 0 spiro atoms. The third-order valence-corrected chi connectivity index (χ3v) is 4.01. The molecule has 20 heavy (non-hydrogen) atoms. The van der Waals surface area contributed by atoms with Crippen molar-refractivity contribution in [3.8, 4) is 5.75 Å². The molecular weight excluding hydrogens is 253 g/mol. The zero-order valence-corrected chi connectivity index (χ0v) is 12.1. The average Bonchev–Trinajstić information content (AvgIpc) is 2.69. The minimum atomic E-state index is -0.374. The first kappa shape index (κ1) is 13.1. The molecule has 0 atom stereocenters. The number of allylic oxidation sites excluding steroid dienone is 1. The van der Waals surface area contributed by atoms with E-state index in [2.05, 4.69) is 11.6 Å². The van der Waals surface area contributed by atoms with Crippen LogP contribution in [0.15, 0.2) is 41.3 Å². The molecule has 3 rings (SSSR count). The quantitative estimate of drug-likeness (QED) is 0.546.